The Morgan fingerprint density at radius 1 is 1.12 bits per heavy atom. The first-order valence-corrected chi connectivity index (χ1v) is 8.34. The zero-order valence-corrected chi connectivity index (χ0v) is 14.0. The van der Waals surface area contributed by atoms with Gasteiger partial charge in [0.15, 0.2) is 0 Å². The lowest BCUT2D eigenvalue weighted by Gasteiger charge is -2.36. The Bertz CT molecular complexity index is 725. The molecule has 0 spiro atoms. The van der Waals surface area contributed by atoms with Gasteiger partial charge in [-0.1, -0.05) is 24.3 Å². The van der Waals surface area contributed by atoms with Gasteiger partial charge in [0.2, 0.25) is 0 Å². The summed E-state index contributed by atoms with van der Waals surface area (Å²) >= 11 is 0. The third-order valence-electron chi connectivity index (χ3n) is 4.29. The van der Waals surface area contributed by atoms with Crippen LogP contribution >= 0.6 is 0 Å². The van der Waals surface area contributed by atoms with Crippen molar-refractivity contribution in [3.8, 4) is 0 Å². The van der Waals surface area contributed by atoms with Crippen LogP contribution in [0.3, 0.4) is 0 Å². The number of hydroxylamine groups is 1. The lowest BCUT2D eigenvalue weighted by Crippen LogP contribution is -2.46. The maximum absolute atomic E-state index is 11.2. The van der Waals surface area contributed by atoms with Crippen LogP contribution in [0.1, 0.15) is 11.3 Å². The Hall–Kier alpha value is -2.70. The number of nitrogens with one attached hydrogen (secondary N) is 1. The monoisotopic (exact) mass is 338 g/mol. The van der Waals surface area contributed by atoms with E-state index in [1.165, 1.54) is 6.08 Å². The summed E-state index contributed by atoms with van der Waals surface area (Å²) in [6, 6.07) is 14.0. The smallest absolute Gasteiger partial charge is 0.267 e. The molecule has 25 heavy (non-hydrogen) atoms. The quantitative estimate of drug-likeness (QED) is 0.495. The Balaban J connectivity index is 1.63. The van der Waals surface area contributed by atoms with Crippen molar-refractivity contribution in [2.75, 3.05) is 31.1 Å². The number of carbonyl (C=O) groups is 1. The molecule has 0 bridgehead atoms. The molecular formula is C19H22N4O2. The van der Waals surface area contributed by atoms with E-state index in [0.717, 1.165) is 49.7 Å². The predicted octanol–water partition coefficient (Wildman–Crippen LogP) is 1.92. The minimum atomic E-state index is -0.532. The lowest BCUT2D eigenvalue weighted by molar-refractivity contribution is -0.124. The van der Waals surface area contributed by atoms with Gasteiger partial charge in [0.05, 0.1) is 5.69 Å². The average Bonchev–Trinajstić information content (AvgIpc) is 2.68. The summed E-state index contributed by atoms with van der Waals surface area (Å²) in [7, 11) is 0. The number of hydrogen-bond donors (Lipinski definition) is 2. The number of amides is 1. The molecule has 130 valence electrons. The van der Waals surface area contributed by atoms with Gasteiger partial charge in [-0.2, -0.15) is 0 Å². The van der Waals surface area contributed by atoms with Crippen LogP contribution in [0.5, 0.6) is 0 Å². The van der Waals surface area contributed by atoms with E-state index in [9.17, 15) is 4.79 Å². The number of rotatable bonds is 5. The zero-order valence-electron chi connectivity index (χ0n) is 14.0. The summed E-state index contributed by atoms with van der Waals surface area (Å²) in [5.74, 6) is -0.532. The van der Waals surface area contributed by atoms with Gasteiger partial charge in [0, 0.05) is 50.7 Å². The molecule has 0 radical (unpaired) electrons. The lowest BCUT2D eigenvalue weighted by atomic mass is 10.1. The number of piperazine rings is 1. The number of benzene rings is 1. The molecule has 1 aromatic carbocycles. The van der Waals surface area contributed by atoms with E-state index in [-0.39, 0.29) is 0 Å². The summed E-state index contributed by atoms with van der Waals surface area (Å²) in [5, 5.41) is 8.61. The van der Waals surface area contributed by atoms with Crippen molar-refractivity contribution in [2.24, 2.45) is 0 Å². The topological polar surface area (TPSA) is 68.7 Å². The standard InChI is InChI=1S/C19H22N4O2/c24-19(21-25)9-8-16-5-1-2-7-18(16)23-13-11-22(12-14-23)15-17-6-3-4-10-20-17/h1-10,25H,11-15H2,(H,21,24). The fourth-order valence-electron chi connectivity index (χ4n) is 2.99. The molecule has 1 fully saturated rings. The second-order valence-electron chi connectivity index (χ2n) is 5.95. The van der Waals surface area contributed by atoms with Gasteiger partial charge in [-0.25, -0.2) is 5.48 Å². The van der Waals surface area contributed by atoms with Crippen LogP contribution in [0, 0.1) is 0 Å². The summed E-state index contributed by atoms with van der Waals surface area (Å²) < 4.78 is 0. The van der Waals surface area contributed by atoms with Crippen molar-refractivity contribution in [3.63, 3.8) is 0 Å². The van der Waals surface area contributed by atoms with Crippen molar-refractivity contribution >= 4 is 17.7 Å². The van der Waals surface area contributed by atoms with Crippen molar-refractivity contribution in [2.45, 2.75) is 6.54 Å². The van der Waals surface area contributed by atoms with E-state index < -0.39 is 5.91 Å². The normalized spacial score (nSPS) is 15.5. The minimum absolute atomic E-state index is 0.532. The molecule has 1 aliphatic heterocycles. The molecule has 2 heterocycles. The summed E-state index contributed by atoms with van der Waals surface area (Å²) in [6.07, 6.45) is 4.88. The van der Waals surface area contributed by atoms with E-state index >= 15 is 0 Å². The fraction of sp³-hybridized carbons (Fsp3) is 0.263. The van der Waals surface area contributed by atoms with E-state index in [0.29, 0.717) is 0 Å². The summed E-state index contributed by atoms with van der Waals surface area (Å²) in [5.41, 5.74) is 4.76. The molecule has 1 aromatic heterocycles. The molecular weight excluding hydrogens is 316 g/mol. The van der Waals surface area contributed by atoms with Gasteiger partial charge in [0.1, 0.15) is 0 Å². The van der Waals surface area contributed by atoms with Crippen LogP contribution in [0.15, 0.2) is 54.7 Å². The van der Waals surface area contributed by atoms with E-state index in [4.69, 9.17) is 5.21 Å². The number of pyridine rings is 1. The number of carbonyl (C=O) groups excluding carboxylic acids is 1. The Morgan fingerprint density at radius 2 is 1.88 bits per heavy atom. The minimum Gasteiger partial charge on any atom is -0.368 e. The molecule has 1 amide bonds. The van der Waals surface area contributed by atoms with Gasteiger partial charge in [-0.3, -0.25) is 19.9 Å². The molecule has 0 unspecified atom stereocenters. The summed E-state index contributed by atoms with van der Waals surface area (Å²) in [4.78, 5) is 20.3. The van der Waals surface area contributed by atoms with Crippen LogP contribution in [0.2, 0.25) is 0 Å². The molecule has 0 saturated carbocycles. The van der Waals surface area contributed by atoms with Crippen LogP contribution in [-0.2, 0) is 11.3 Å². The number of hydrogen-bond acceptors (Lipinski definition) is 5. The Kier molecular flexibility index (Phi) is 5.77. The first-order chi connectivity index (χ1) is 12.3. The van der Waals surface area contributed by atoms with Crippen LogP contribution in [-0.4, -0.2) is 47.2 Å². The number of anilines is 1. The molecule has 6 nitrogen and oxygen atoms in total. The molecule has 2 N–H and O–H groups in total. The largest absolute Gasteiger partial charge is 0.368 e. The average molecular weight is 338 g/mol. The zero-order chi connectivity index (χ0) is 17.5. The SMILES string of the molecule is O=C(C=Cc1ccccc1N1CCN(Cc2ccccn2)CC1)NO. The Labute approximate surface area is 147 Å². The molecule has 1 saturated heterocycles. The molecule has 0 atom stereocenters. The van der Waals surface area contributed by atoms with Crippen molar-refractivity contribution < 1.29 is 10.0 Å². The van der Waals surface area contributed by atoms with Crippen molar-refractivity contribution in [1.29, 1.82) is 0 Å². The van der Waals surface area contributed by atoms with Crippen molar-refractivity contribution in [1.82, 2.24) is 15.4 Å². The fourth-order valence-corrected chi connectivity index (χ4v) is 2.99. The molecule has 6 heteroatoms. The van der Waals surface area contributed by atoms with Crippen molar-refractivity contribution in [3.05, 3.63) is 66.0 Å². The van der Waals surface area contributed by atoms with Gasteiger partial charge in [-0.15, -0.1) is 0 Å². The first kappa shape index (κ1) is 17.1. The third-order valence-corrected chi connectivity index (χ3v) is 4.29. The molecule has 0 aliphatic carbocycles. The Morgan fingerprint density at radius 3 is 2.60 bits per heavy atom. The highest BCUT2D eigenvalue weighted by Crippen LogP contribution is 2.23. The number of nitrogens with zero attached hydrogens (tertiary/aromatic N) is 3. The molecule has 2 aromatic rings. The highest BCUT2D eigenvalue weighted by molar-refractivity contribution is 5.91. The van der Waals surface area contributed by atoms with E-state index in [2.05, 4.69) is 26.9 Å². The van der Waals surface area contributed by atoms with Gasteiger partial charge in [0.25, 0.3) is 5.91 Å². The molecule has 3 rings (SSSR count). The summed E-state index contributed by atoms with van der Waals surface area (Å²) in [6.45, 7) is 4.64. The van der Waals surface area contributed by atoms with Crippen LogP contribution in [0.25, 0.3) is 6.08 Å². The van der Waals surface area contributed by atoms with Crippen LogP contribution < -0.4 is 10.4 Å². The maximum atomic E-state index is 11.2. The highest BCUT2D eigenvalue weighted by atomic mass is 16.5. The van der Waals surface area contributed by atoms with Gasteiger partial charge < -0.3 is 4.90 Å². The second kappa shape index (κ2) is 8.41. The highest BCUT2D eigenvalue weighted by Gasteiger charge is 2.18. The second-order valence-corrected chi connectivity index (χ2v) is 5.95. The van der Waals surface area contributed by atoms with Crippen LogP contribution in [0.4, 0.5) is 5.69 Å². The van der Waals surface area contributed by atoms with Gasteiger partial charge >= 0.3 is 0 Å². The van der Waals surface area contributed by atoms with E-state index in [1.54, 1.807) is 11.6 Å². The van der Waals surface area contributed by atoms with Gasteiger partial charge in [-0.05, 0) is 29.8 Å². The predicted molar refractivity (Wildman–Crippen MR) is 97.1 cm³/mol. The number of aromatic nitrogens is 1. The molecule has 1 aliphatic rings. The first-order valence-electron chi connectivity index (χ1n) is 8.34. The van der Waals surface area contributed by atoms with E-state index in [1.807, 2.05) is 36.5 Å². The maximum Gasteiger partial charge on any atom is 0.267 e. The number of para-hydroxylation sites is 1. The third kappa shape index (κ3) is 4.65.